The minimum atomic E-state index is -0.849. The van der Waals surface area contributed by atoms with Crippen molar-refractivity contribution in [3.63, 3.8) is 0 Å². The Balaban J connectivity index is 1.40. The summed E-state index contributed by atoms with van der Waals surface area (Å²) in [5.74, 6) is 1.20. The van der Waals surface area contributed by atoms with Gasteiger partial charge < -0.3 is 4.74 Å². The van der Waals surface area contributed by atoms with Gasteiger partial charge in [0.1, 0.15) is 0 Å². The monoisotopic (exact) mass is 458 g/mol. The Hall–Kier alpha value is -1.64. The summed E-state index contributed by atoms with van der Waals surface area (Å²) >= 11 is 0. The lowest BCUT2D eigenvalue weighted by atomic mass is 9.71. The van der Waals surface area contributed by atoms with Crippen molar-refractivity contribution in [2.45, 2.75) is 104 Å². The zero-order valence-corrected chi connectivity index (χ0v) is 20.9. The highest BCUT2D eigenvalue weighted by atomic mass is 19.2. The molecule has 0 saturated heterocycles. The van der Waals surface area contributed by atoms with E-state index >= 15 is 0 Å². The van der Waals surface area contributed by atoms with Gasteiger partial charge in [0.25, 0.3) is 0 Å². The second kappa shape index (κ2) is 13.9. The molecule has 0 aromatic heterocycles. The lowest BCUT2D eigenvalue weighted by Crippen LogP contribution is -2.23. The lowest BCUT2D eigenvalue weighted by Gasteiger charge is -2.35. The molecule has 33 heavy (non-hydrogen) atoms. The molecule has 3 rings (SSSR count). The molecule has 0 N–H and O–H groups in total. The fourth-order valence-corrected chi connectivity index (χ4v) is 5.69. The Morgan fingerprint density at radius 3 is 2.45 bits per heavy atom. The summed E-state index contributed by atoms with van der Waals surface area (Å²) in [7, 11) is 0. The lowest BCUT2D eigenvalue weighted by molar-refractivity contribution is 0.187. The summed E-state index contributed by atoms with van der Waals surface area (Å²) < 4.78 is 34.1. The Bertz CT molecular complexity index is 774. The highest BCUT2D eigenvalue weighted by Crippen LogP contribution is 2.40. The molecule has 3 heteroatoms. The van der Waals surface area contributed by atoms with Gasteiger partial charge in [0.05, 0.1) is 6.61 Å². The topological polar surface area (TPSA) is 9.23 Å². The van der Waals surface area contributed by atoms with E-state index in [9.17, 15) is 8.78 Å². The molecule has 1 fully saturated rings. The van der Waals surface area contributed by atoms with Crippen molar-refractivity contribution >= 4 is 0 Å². The van der Waals surface area contributed by atoms with Gasteiger partial charge in [-0.3, -0.25) is 0 Å². The third kappa shape index (κ3) is 7.97. The van der Waals surface area contributed by atoms with Gasteiger partial charge >= 0.3 is 0 Å². The van der Waals surface area contributed by atoms with Gasteiger partial charge in [0, 0.05) is 0 Å². The standard InChI is InChI=1S/C30H44F2O/c1-3-5-8-22-33-28-21-20-27(29(31)30(28)32)11-7-6-10-24-14-18-26(19-15-24)25-16-12-23(9-4-2)13-17-25/h6,10,14,20-21,23,25-26H,3-5,7-9,11-13,15-19,22H2,1-2H3. The van der Waals surface area contributed by atoms with Crippen molar-refractivity contribution in [1.29, 1.82) is 0 Å². The number of allylic oxidation sites excluding steroid dienone is 4. The number of unbranched alkanes of at least 4 members (excludes halogenated alkanes) is 2. The molecule has 1 atom stereocenters. The van der Waals surface area contributed by atoms with Crippen LogP contribution < -0.4 is 4.74 Å². The van der Waals surface area contributed by atoms with Gasteiger partial charge in [0.15, 0.2) is 11.6 Å². The van der Waals surface area contributed by atoms with E-state index in [4.69, 9.17) is 4.74 Å². The normalized spacial score (nSPS) is 23.6. The molecule has 0 amide bonds. The first-order valence-corrected chi connectivity index (χ1v) is 13.6. The van der Waals surface area contributed by atoms with Crippen LogP contribution in [0.3, 0.4) is 0 Å². The number of aryl methyl sites for hydroxylation is 1. The fraction of sp³-hybridized carbons (Fsp3) is 0.667. The minimum Gasteiger partial charge on any atom is -0.490 e. The summed E-state index contributed by atoms with van der Waals surface area (Å²) in [5, 5.41) is 0. The van der Waals surface area contributed by atoms with Gasteiger partial charge in [0.2, 0.25) is 5.82 Å². The Morgan fingerprint density at radius 1 is 0.939 bits per heavy atom. The van der Waals surface area contributed by atoms with Crippen LogP contribution in [0.4, 0.5) is 8.78 Å². The number of hydrogen-bond acceptors (Lipinski definition) is 1. The molecule has 0 heterocycles. The number of hydrogen-bond donors (Lipinski definition) is 0. The van der Waals surface area contributed by atoms with Gasteiger partial charge in [-0.25, -0.2) is 4.39 Å². The third-order valence-electron chi connectivity index (χ3n) is 7.79. The van der Waals surface area contributed by atoms with E-state index in [0.29, 0.717) is 18.6 Å². The summed E-state index contributed by atoms with van der Waals surface area (Å²) in [5.41, 5.74) is 1.84. The van der Waals surface area contributed by atoms with E-state index in [2.05, 4.69) is 32.1 Å². The Kier molecular flexibility index (Phi) is 11.0. The highest BCUT2D eigenvalue weighted by molar-refractivity contribution is 5.31. The molecule has 2 aliphatic carbocycles. The van der Waals surface area contributed by atoms with Crippen LogP contribution in [0.5, 0.6) is 5.75 Å². The zero-order chi connectivity index (χ0) is 23.5. The highest BCUT2D eigenvalue weighted by Gasteiger charge is 2.28. The minimum absolute atomic E-state index is 0.0312. The van der Waals surface area contributed by atoms with Crippen LogP contribution in [0.2, 0.25) is 0 Å². The molecular formula is C30H44F2O. The van der Waals surface area contributed by atoms with Gasteiger partial charge in [-0.15, -0.1) is 0 Å². The SMILES string of the molecule is CCCCCOc1ccc(CCC=CC2=CCC(C3CCC(CCC)CC3)CC2)c(F)c1F. The first-order valence-electron chi connectivity index (χ1n) is 13.6. The zero-order valence-electron chi connectivity index (χ0n) is 20.9. The first kappa shape index (κ1) is 26.0. The van der Waals surface area contributed by atoms with Crippen molar-refractivity contribution in [2.24, 2.45) is 17.8 Å². The van der Waals surface area contributed by atoms with Crippen LogP contribution in [-0.2, 0) is 6.42 Å². The van der Waals surface area contributed by atoms with Gasteiger partial charge in [-0.2, -0.15) is 4.39 Å². The van der Waals surface area contributed by atoms with Crippen molar-refractivity contribution in [2.75, 3.05) is 6.61 Å². The maximum atomic E-state index is 14.4. The van der Waals surface area contributed by atoms with Crippen molar-refractivity contribution in [3.05, 3.63) is 53.1 Å². The average molecular weight is 459 g/mol. The first-order chi connectivity index (χ1) is 16.1. The molecule has 1 saturated carbocycles. The van der Waals surface area contributed by atoms with E-state index < -0.39 is 11.6 Å². The number of benzene rings is 1. The van der Waals surface area contributed by atoms with Crippen LogP contribution in [0.25, 0.3) is 0 Å². The van der Waals surface area contributed by atoms with E-state index in [0.717, 1.165) is 49.9 Å². The summed E-state index contributed by atoms with van der Waals surface area (Å²) in [6.45, 7) is 4.84. The van der Waals surface area contributed by atoms with Crippen LogP contribution in [0.1, 0.15) is 103 Å². The largest absolute Gasteiger partial charge is 0.490 e. The summed E-state index contributed by atoms with van der Waals surface area (Å²) in [6, 6.07) is 3.24. The quantitative estimate of drug-likeness (QED) is 0.283. The average Bonchev–Trinajstić information content (AvgIpc) is 2.84. The molecule has 0 radical (unpaired) electrons. The molecular weight excluding hydrogens is 414 g/mol. The van der Waals surface area contributed by atoms with Crippen molar-refractivity contribution in [1.82, 2.24) is 0 Å². The van der Waals surface area contributed by atoms with Gasteiger partial charge in [-0.1, -0.05) is 82.2 Å². The van der Waals surface area contributed by atoms with Gasteiger partial charge in [-0.05, 0) is 80.8 Å². The molecule has 0 spiro atoms. The van der Waals surface area contributed by atoms with Crippen LogP contribution in [0.15, 0.2) is 35.9 Å². The van der Waals surface area contributed by atoms with Crippen molar-refractivity contribution in [3.8, 4) is 5.75 Å². The second-order valence-corrected chi connectivity index (χ2v) is 10.2. The predicted octanol–water partition coefficient (Wildman–Crippen LogP) is 9.36. The number of ether oxygens (including phenoxy) is 1. The van der Waals surface area contributed by atoms with E-state index in [1.54, 1.807) is 12.1 Å². The number of halogens is 2. The smallest absolute Gasteiger partial charge is 0.200 e. The molecule has 184 valence electrons. The van der Waals surface area contributed by atoms with Crippen LogP contribution in [0, 0.1) is 29.4 Å². The molecule has 1 unspecified atom stereocenters. The van der Waals surface area contributed by atoms with E-state index in [-0.39, 0.29) is 5.75 Å². The van der Waals surface area contributed by atoms with E-state index in [1.807, 2.05) is 0 Å². The summed E-state index contributed by atoms with van der Waals surface area (Å²) in [4.78, 5) is 0. The van der Waals surface area contributed by atoms with Crippen molar-refractivity contribution < 1.29 is 13.5 Å². The fourth-order valence-electron chi connectivity index (χ4n) is 5.69. The predicted molar refractivity (Wildman–Crippen MR) is 135 cm³/mol. The Labute approximate surface area is 200 Å². The molecule has 0 aliphatic heterocycles. The Morgan fingerprint density at radius 2 is 1.76 bits per heavy atom. The second-order valence-electron chi connectivity index (χ2n) is 10.2. The molecule has 1 nitrogen and oxygen atoms in total. The van der Waals surface area contributed by atoms with E-state index in [1.165, 1.54) is 56.9 Å². The number of rotatable bonds is 12. The van der Waals surface area contributed by atoms with Crippen LogP contribution >= 0.6 is 0 Å². The molecule has 1 aromatic carbocycles. The maximum absolute atomic E-state index is 14.4. The van der Waals surface area contributed by atoms with Crippen LogP contribution in [-0.4, -0.2) is 6.61 Å². The third-order valence-corrected chi connectivity index (χ3v) is 7.79. The molecule has 0 bridgehead atoms. The summed E-state index contributed by atoms with van der Waals surface area (Å²) in [6.07, 6.45) is 23.1. The maximum Gasteiger partial charge on any atom is 0.200 e. The molecule has 1 aromatic rings. The molecule has 2 aliphatic rings.